The minimum Gasteiger partial charge on any atom is -0.368 e. The lowest BCUT2D eigenvalue weighted by Gasteiger charge is -2.23. The fourth-order valence-electron chi connectivity index (χ4n) is 1.48. The van der Waals surface area contributed by atoms with E-state index in [-0.39, 0.29) is 11.8 Å². The van der Waals surface area contributed by atoms with Crippen molar-refractivity contribution in [2.24, 2.45) is 17.4 Å². The van der Waals surface area contributed by atoms with E-state index < -0.39 is 11.9 Å². The zero-order valence-corrected chi connectivity index (χ0v) is 7.45. The van der Waals surface area contributed by atoms with Crippen LogP contribution in [0.5, 0.6) is 0 Å². The third kappa shape index (κ3) is 2.69. The fourth-order valence-corrected chi connectivity index (χ4v) is 1.48. The van der Waals surface area contributed by atoms with Crippen molar-refractivity contribution >= 4 is 11.8 Å². The van der Waals surface area contributed by atoms with Gasteiger partial charge in [0.25, 0.3) is 0 Å². The van der Waals surface area contributed by atoms with Crippen molar-refractivity contribution in [2.45, 2.75) is 25.3 Å². The van der Waals surface area contributed by atoms with Crippen LogP contribution in [0, 0.1) is 5.92 Å². The van der Waals surface area contributed by atoms with Crippen LogP contribution < -0.4 is 16.8 Å². The highest BCUT2D eigenvalue weighted by Crippen LogP contribution is 2.16. The van der Waals surface area contributed by atoms with E-state index >= 15 is 0 Å². The van der Waals surface area contributed by atoms with Crippen LogP contribution in [-0.2, 0) is 9.59 Å². The maximum absolute atomic E-state index is 11.2. The van der Waals surface area contributed by atoms with E-state index in [2.05, 4.69) is 5.32 Å². The molecule has 5 N–H and O–H groups in total. The van der Waals surface area contributed by atoms with Crippen LogP contribution in [0.2, 0.25) is 0 Å². The van der Waals surface area contributed by atoms with Gasteiger partial charge in [0.05, 0.1) is 6.04 Å². The first-order valence-corrected chi connectivity index (χ1v) is 4.44. The van der Waals surface area contributed by atoms with E-state index in [0.29, 0.717) is 6.42 Å². The van der Waals surface area contributed by atoms with Gasteiger partial charge in [-0.2, -0.15) is 0 Å². The van der Waals surface area contributed by atoms with Gasteiger partial charge in [-0.25, -0.2) is 0 Å². The van der Waals surface area contributed by atoms with Gasteiger partial charge < -0.3 is 16.8 Å². The van der Waals surface area contributed by atoms with Gasteiger partial charge in [-0.3, -0.25) is 9.59 Å². The summed E-state index contributed by atoms with van der Waals surface area (Å²) in [7, 11) is 0. The molecule has 1 rings (SSSR count). The van der Waals surface area contributed by atoms with E-state index in [1.54, 1.807) is 0 Å². The van der Waals surface area contributed by atoms with Crippen molar-refractivity contribution in [3.63, 3.8) is 0 Å². The molecule has 0 saturated carbocycles. The molecule has 2 amide bonds. The Balaban J connectivity index is 2.42. The minimum atomic E-state index is -0.700. The maximum Gasteiger partial charge on any atom is 0.234 e. The Kier molecular flexibility index (Phi) is 3.25. The largest absolute Gasteiger partial charge is 0.368 e. The number of rotatable bonds is 3. The Morgan fingerprint density at radius 1 is 1.69 bits per heavy atom. The van der Waals surface area contributed by atoms with Crippen LogP contribution in [0.1, 0.15) is 19.3 Å². The molecule has 1 saturated heterocycles. The number of primary amides is 1. The molecule has 0 radical (unpaired) electrons. The van der Waals surface area contributed by atoms with Crippen molar-refractivity contribution in [1.82, 2.24) is 5.32 Å². The van der Waals surface area contributed by atoms with Crippen LogP contribution >= 0.6 is 0 Å². The fraction of sp³-hybridized carbons (Fsp3) is 0.750. The number of hydrogen-bond acceptors (Lipinski definition) is 3. The lowest BCUT2D eigenvalue weighted by Crippen LogP contribution is -2.43. The zero-order valence-electron chi connectivity index (χ0n) is 7.45. The molecule has 1 heterocycles. The van der Waals surface area contributed by atoms with Crippen LogP contribution in [0.15, 0.2) is 0 Å². The predicted octanol–water partition coefficient (Wildman–Crippen LogP) is -1.28. The van der Waals surface area contributed by atoms with Gasteiger partial charge in [0.15, 0.2) is 0 Å². The molecule has 0 aromatic heterocycles. The Morgan fingerprint density at radius 3 is 2.92 bits per heavy atom. The highest BCUT2D eigenvalue weighted by atomic mass is 16.2. The summed E-state index contributed by atoms with van der Waals surface area (Å²) in [4.78, 5) is 21.9. The molecule has 0 spiro atoms. The Labute approximate surface area is 76.8 Å². The summed E-state index contributed by atoms with van der Waals surface area (Å²) in [5, 5.41) is 2.73. The second-order valence-corrected chi connectivity index (χ2v) is 3.37. The van der Waals surface area contributed by atoms with Crippen molar-refractivity contribution in [3.8, 4) is 0 Å². The maximum atomic E-state index is 11.2. The first-order valence-electron chi connectivity index (χ1n) is 4.44. The number of nitrogens with two attached hydrogens (primary N) is 2. The molecule has 1 aliphatic heterocycles. The van der Waals surface area contributed by atoms with Crippen LogP contribution in [0.4, 0.5) is 0 Å². The van der Waals surface area contributed by atoms with Crippen molar-refractivity contribution in [2.75, 3.05) is 6.54 Å². The molecule has 5 nitrogen and oxygen atoms in total. The van der Waals surface area contributed by atoms with Gasteiger partial charge in [0, 0.05) is 12.5 Å². The van der Waals surface area contributed by atoms with E-state index in [1.165, 1.54) is 0 Å². The van der Waals surface area contributed by atoms with Gasteiger partial charge in [-0.1, -0.05) is 0 Å². The molecule has 5 heteroatoms. The molecule has 0 aromatic rings. The first kappa shape index (κ1) is 9.98. The normalized spacial score (nSPS) is 25.0. The molecule has 0 aromatic carbocycles. The third-order valence-electron chi connectivity index (χ3n) is 2.30. The summed E-state index contributed by atoms with van der Waals surface area (Å²) in [6.07, 6.45) is 2.11. The average Bonchev–Trinajstić information content (AvgIpc) is 2.08. The second kappa shape index (κ2) is 4.23. The monoisotopic (exact) mass is 185 g/mol. The predicted molar refractivity (Wildman–Crippen MR) is 47.5 cm³/mol. The summed E-state index contributed by atoms with van der Waals surface area (Å²) in [5.74, 6) is -0.697. The summed E-state index contributed by atoms with van der Waals surface area (Å²) < 4.78 is 0. The van der Waals surface area contributed by atoms with Crippen LogP contribution in [0.25, 0.3) is 0 Å². The lowest BCUT2D eigenvalue weighted by molar-refractivity contribution is -0.127. The van der Waals surface area contributed by atoms with Gasteiger partial charge >= 0.3 is 0 Å². The summed E-state index contributed by atoms with van der Waals surface area (Å²) >= 11 is 0. The summed E-state index contributed by atoms with van der Waals surface area (Å²) in [5.41, 5.74) is 10.5. The Morgan fingerprint density at radius 2 is 2.38 bits per heavy atom. The highest BCUT2D eigenvalue weighted by molar-refractivity contribution is 5.83. The molecule has 2 atom stereocenters. The van der Waals surface area contributed by atoms with Crippen molar-refractivity contribution in [3.05, 3.63) is 0 Å². The van der Waals surface area contributed by atoms with Crippen molar-refractivity contribution in [1.29, 1.82) is 0 Å². The van der Waals surface area contributed by atoms with E-state index in [0.717, 1.165) is 19.4 Å². The topological polar surface area (TPSA) is 98.2 Å². The van der Waals surface area contributed by atoms with Crippen LogP contribution in [0.3, 0.4) is 0 Å². The Hall–Kier alpha value is -1.10. The first-order chi connectivity index (χ1) is 6.11. The molecular weight excluding hydrogens is 170 g/mol. The summed E-state index contributed by atoms with van der Waals surface area (Å²) in [6.45, 7) is 0.723. The van der Waals surface area contributed by atoms with E-state index in [4.69, 9.17) is 11.5 Å². The Bertz CT molecular complexity index is 217. The van der Waals surface area contributed by atoms with Gasteiger partial charge in [0.2, 0.25) is 11.8 Å². The number of piperidine rings is 1. The molecule has 74 valence electrons. The molecule has 13 heavy (non-hydrogen) atoms. The average molecular weight is 185 g/mol. The zero-order chi connectivity index (χ0) is 9.84. The summed E-state index contributed by atoms with van der Waals surface area (Å²) in [6, 6.07) is -0.700. The quantitative estimate of drug-likeness (QED) is 0.510. The standard InChI is InChI=1S/C8H15N3O2/c9-6(7(10)12)4-5-2-1-3-11-8(5)13/h5-6H,1-4,9H2,(H2,10,12)(H,11,13). The van der Waals surface area contributed by atoms with Gasteiger partial charge in [-0.15, -0.1) is 0 Å². The number of carbonyl (C=O) groups excluding carboxylic acids is 2. The van der Waals surface area contributed by atoms with Gasteiger partial charge in [-0.05, 0) is 19.3 Å². The molecule has 0 bridgehead atoms. The smallest absolute Gasteiger partial charge is 0.234 e. The lowest BCUT2D eigenvalue weighted by atomic mass is 9.92. The molecule has 1 fully saturated rings. The van der Waals surface area contributed by atoms with E-state index in [9.17, 15) is 9.59 Å². The minimum absolute atomic E-state index is 0.0112. The molecule has 2 unspecified atom stereocenters. The van der Waals surface area contributed by atoms with E-state index in [1.807, 2.05) is 0 Å². The van der Waals surface area contributed by atoms with Gasteiger partial charge in [0.1, 0.15) is 0 Å². The second-order valence-electron chi connectivity index (χ2n) is 3.37. The number of amides is 2. The van der Waals surface area contributed by atoms with Crippen LogP contribution in [-0.4, -0.2) is 24.4 Å². The molecule has 0 aliphatic carbocycles. The molecular formula is C8H15N3O2. The number of nitrogens with one attached hydrogen (secondary N) is 1. The number of carbonyl (C=O) groups is 2. The van der Waals surface area contributed by atoms with Crippen molar-refractivity contribution < 1.29 is 9.59 Å². The number of hydrogen-bond donors (Lipinski definition) is 3. The molecule has 1 aliphatic rings. The third-order valence-corrected chi connectivity index (χ3v) is 2.30. The SMILES string of the molecule is NC(=O)C(N)CC1CCCNC1=O. The highest BCUT2D eigenvalue weighted by Gasteiger charge is 2.25.